The highest BCUT2D eigenvalue weighted by Crippen LogP contribution is 1.93. The summed E-state index contributed by atoms with van der Waals surface area (Å²) in [5.74, 6) is 1.38. The topological polar surface area (TPSA) is 32.3 Å². The van der Waals surface area contributed by atoms with Gasteiger partial charge in [-0.2, -0.15) is 11.8 Å². The monoisotopic (exact) mass is 204 g/mol. The van der Waals surface area contributed by atoms with E-state index in [2.05, 4.69) is 11.6 Å². The lowest BCUT2D eigenvalue weighted by Gasteiger charge is -2.10. The number of hydrogen-bond acceptors (Lipinski definition) is 3. The molecule has 0 aliphatic rings. The Balaban J connectivity index is 3.12. The lowest BCUT2D eigenvalue weighted by atomic mass is 10.3. The van der Waals surface area contributed by atoms with Gasteiger partial charge in [0.2, 0.25) is 5.91 Å². The molecule has 0 aromatic carbocycles. The normalized spacial score (nSPS) is 10.1. The summed E-state index contributed by atoms with van der Waals surface area (Å²) in [6, 6.07) is 0. The molecule has 0 aliphatic carbocycles. The molecule has 0 radical (unpaired) electrons. The predicted molar refractivity (Wildman–Crippen MR) is 59.2 cm³/mol. The molecule has 0 rings (SSSR count). The van der Waals surface area contributed by atoms with Crippen LogP contribution in [0, 0.1) is 0 Å². The fourth-order valence-corrected chi connectivity index (χ4v) is 1.32. The summed E-state index contributed by atoms with van der Waals surface area (Å²) >= 11 is 1.86. The van der Waals surface area contributed by atoms with Gasteiger partial charge in [0.05, 0.1) is 0 Å². The van der Waals surface area contributed by atoms with Gasteiger partial charge in [-0.25, -0.2) is 0 Å². The molecule has 0 spiro atoms. The predicted octanol–water partition coefficient (Wildman–Crippen LogP) is 0.807. The second-order valence-corrected chi connectivity index (χ2v) is 4.12. The van der Waals surface area contributed by atoms with Crippen LogP contribution in [-0.2, 0) is 4.79 Å². The zero-order valence-corrected chi connectivity index (χ0v) is 9.62. The van der Waals surface area contributed by atoms with Gasteiger partial charge in [-0.05, 0) is 25.0 Å². The van der Waals surface area contributed by atoms with E-state index >= 15 is 0 Å². The summed E-state index contributed by atoms with van der Waals surface area (Å²) in [6.45, 7) is 1.81. The molecule has 78 valence electrons. The third-order valence-electron chi connectivity index (χ3n) is 1.72. The molecule has 0 aromatic rings. The number of nitrogens with zero attached hydrogens (tertiary/aromatic N) is 1. The summed E-state index contributed by atoms with van der Waals surface area (Å²) < 4.78 is 0. The molecule has 4 heteroatoms. The Morgan fingerprint density at radius 3 is 2.62 bits per heavy atom. The van der Waals surface area contributed by atoms with E-state index in [9.17, 15) is 4.79 Å². The van der Waals surface area contributed by atoms with Gasteiger partial charge in [0.25, 0.3) is 0 Å². The largest absolute Gasteiger partial charge is 0.349 e. The summed E-state index contributed by atoms with van der Waals surface area (Å²) in [7, 11) is 3.58. The summed E-state index contributed by atoms with van der Waals surface area (Å²) in [5.41, 5.74) is 0. The summed E-state index contributed by atoms with van der Waals surface area (Å²) in [5, 5.41) is 3.25. The lowest BCUT2D eigenvalue weighted by Crippen LogP contribution is -2.27. The van der Waals surface area contributed by atoms with Crippen molar-refractivity contribution in [1.82, 2.24) is 10.2 Å². The highest BCUT2D eigenvalue weighted by atomic mass is 32.2. The molecule has 0 fully saturated rings. The van der Waals surface area contributed by atoms with E-state index in [1.54, 1.807) is 19.0 Å². The molecule has 0 bridgehead atoms. The van der Waals surface area contributed by atoms with Crippen LogP contribution in [0.25, 0.3) is 0 Å². The van der Waals surface area contributed by atoms with Gasteiger partial charge in [0, 0.05) is 27.1 Å². The van der Waals surface area contributed by atoms with Crippen molar-refractivity contribution in [3.63, 3.8) is 0 Å². The second kappa shape index (κ2) is 8.38. The van der Waals surface area contributed by atoms with Crippen LogP contribution in [0.2, 0.25) is 0 Å². The zero-order valence-electron chi connectivity index (χ0n) is 8.80. The minimum absolute atomic E-state index is 0.192. The number of nitrogens with one attached hydrogen (secondary N) is 1. The van der Waals surface area contributed by atoms with Gasteiger partial charge in [-0.15, -0.1) is 0 Å². The van der Waals surface area contributed by atoms with Crippen LogP contribution in [-0.4, -0.2) is 50.0 Å². The Kier molecular flexibility index (Phi) is 8.24. The number of rotatable bonds is 7. The van der Waals surface area contributed by atoms with Crippen LogP contribution in [0.15, 0.2) is 0 Å². The number of carbonyl (C=O) groups excluding carboxylic acids is 1. The van der Waals surface area contributed by atoms with E-state index in [-0.39, 0.29) is 5.91 Å². The van der Waals surface area contributed by atoms with E-state index in [0.717, 1.165) is 13.1 Å². The molecule has 13 heavy (non-hydrogen) atoms. The van der Waals surface area contributed by atoms with E-state index in [0.29, 0.717) is 6.42 Å². The van der Waals surface area contributed by atoms with Crippen LogP contribution in [0.4, 0.5) is 0 Å². The molecule has 0 saturated heterocycles. The van der Waals surface area contributed by atoms with Crippen molar-refractivity contribution < 1.29 is 4.79 Å². The Bertz CT molecular complexity index is 140. The fourth-order valence-electron chi connectivity index (χ4n) is 0.885. The van der Waals surface area contributed by atoms with E-state index in [1.165, 1.54) is 12.2 Å². The maximum absolute atomic E-state index is 11.1. The maximum atomic E-state index is 11.1. The van der Waals surface area contributed by atoms with Crippen LogP contribution >= 0.6 is 11.8 Å². The zero-order chi connectivity index (χ0) is 10.1. The van der Waals surface area contributed by atoms with Gasteiger partial charge < -0.3 is 10.2 Å². The minimum atomic E-state index is 0.192. The third-order valence-corrected chi connectivity index (χ3v) is 2.41. The van der Waals surface area contributed by atoms with Crippen LogP contribution in [0.3, 0.4) is 0 Å². The first-order valence-electron chi connectivity index (χ1n) is 4.58. The second-order valence-electron chi connectivity index (χ2n) is 3.13. The highest BCUT2D eigenvalue weighted by molar-refractivity contribution is 7.98. The molecular weight excluding hydrogens is 184 g/mol. The minimum Gasteiger partial charge on any atom is -0.349 e. The van der Waals surface area contributed by atoms with Crippen molar-refractivity contribution >= 4 is 17.7 Å². The summed E-state index contributed by atoms with van der Waals surface area (Å²) in [6.07, 6.45) is 3.89. The van der Waals surface area contributed by atoms with Crippen molar-refractivity contribution in [2.45, 2.75) is 12.8 Å². The molecule has 0 aliphatic heterocycles. The van der Waals surface area contributed by atoms with Crippen LogP contribution < -0.4 is 5.32 Å². The molecule has 0 atom stereocenters. The number of carbonyl (C=O) groups is 1. The highest BCUT2D eigenvalue weighted by Gasteiger charge is 2.01. The lowest BCUT2D eigenvalue weighted by molar-refractivity contribution is -0.128. The number of thioether (sulfide) groups is 1. The molecule has 1 amide bonds. The number of amides is 1. The Hall–Kier alpha value is -0.220. The van der Waals surface area contributed by atoms with Crippen molar-refractivity contribution in [1.29, 1.82) is 0 Å². The Morgan fingerprint density at radius 2 is 2.08 bits per heavy atom. The SMILES string of the molecule is CSCCCNCCC(=O)N(C)C. The Morgan fingerprint density at radius 1 is 1.38 bits per heavy atom. The maximum Gasteiger partial charge on any atom is 0.223 e. The first kappa shape index (κ1) is 12.8. The van der Waals surface area contributed by atoms with Gasteiger partial charge in [-0.3, -0.25) is 4.79 Å². The van der Waals surface area contributed by atoms with Crippen molar-refractivity contribution in [2.24, 2.45) is 0 Å². The van der Waals surface area contributed by atoms with Crippen LogP contribution in [0.5, 0.6) is 0 Å². The van der Waals surface area contributed by atoms with E-state index < -0.39 is 0 Å². The molecule has 0 heterocycles. The smallest absolute Gasteiger partial charge is 0.223 e. The summed E-state index contributed by atoms with van der Waals surface area (Å²) in [4.78, 5) is 12.7. The number of hydrogen-bond donors (Lipinski definition) is 1. The molecule has 0 unspecified atom stereocenters. The van der Waals surface area contributed by atoms with E-state index in [4.69, 9.17) is 0 Å². The van der Waals surface area contributed by atoms with E-state index in [1.807, 2.05) is 11.8 Å². The first-order chi connectivity index (χ1) is 6.18. The van der Waals surface area contributed by atoms with Gasteiger partial charge in [0.1, 0.15) is 0 Å². The quantitative estimate of drug-likeness (QED) is 0.623. The average Bonchev–Trinajstić information content (AvgIpc) is 2.10. The Labute approximate surface area is 85.3 Å². The van der Waals surface area contributed by atoms with Gasteiger partial charge in [0.15, 0.2) is 0 Å². The third kappa shape index (κ3) is 8.12. The molecule has 0 aromatic heterocycles. The van der Waals surface area contributed by atoms with Gasteiger partial charge >= 0.3 is 0 Å². The van der Waals surface area contributed by atoms with Crippen molar-refractivity contribution in [3.8, 4) is 0 Å². The molecule has 3 nitrogen and oxygen atoms in total. The first-order valence-corrected chi connectivity index (χ1v) is 5.97. The molecule has 0 saturated carbocycles. The fraction of sp³-hybridized carbons (Fsp3) is 0.889. The van der Waals surface area contributed by atoms with Crippen LogP contribution in [0.1, 0.15) is 12.8 Å². The molecular formula is C9H20N2OS. The van der Waals surface area contributed by atoms with Gasteiger partial charge in [-0.1, -0.05) is 0 Å². The van der Waals surface area contributed by atoms with Crippen molar-refractivity contribution in [2.75, 3.05) is 39.2 Å². The average molecular weight is 204 g/mol. The molecule has 1 N–H and O–H groups in total. The van der Waals surface area contributed by atoms with Crippen molar-refractivity contribution in [3.05, 3.63) is 0 Å². The standard InChI is InChI=1S/C9H20N2OS/c1-11(2)9(12)5-7-10-6-4-8-13-3/h10H,4-8H2,1-3H3.